The number of fused-ring (bicyclic) bond motifs is 1. The van der Waals surface area contributed by atoms with Crippen LogP contribution >= 0.6 is 0 Å². The maximum Gasteiger partial charge on any atom is 0.246 e. The Bertz CT molecular complexity index is 691. The zero-order valence-corrected chi connectivity index (χ0v) is 14.0. The van der Waals surface area contributed by atoms with Crippen LogP contribution in [-0.4, -0.2) is 22.5 Å². The van der Waals surface area contributed by atoms with Crippen LogP contribution in [0.25, 0.3) is 0 Å². The Balaban J connectivity index is 1.63. The lowest BCUT2D eigenvalue weighted by Gasteiger charge is -2.21. The molecule has 4 nitrogen and oxygen atoms in total. The third kappa shape index (κ3) is 3.94. The molecule has 0 atom stereocenters. The molecule has 24 heavy (non-hydrogen) atoms. The lowest BCUT2D eigenvalue weighted by molar-refractivity contribution is -0.126. The van der Waals surface area contributed by atoms with Crippen molar-refractivity contribution in [2.45, 2.75) is 45.1 Å². The highest BCUT2D eigenvalue weighted by Crippen LogP contribution is 2.25. The van der Waals surface area contributed by atoms with E-state index >= 15 is 0 Å². The number of aromatic nitrogens is 1. The first kappa shape index (κ1) is 16.5. The van der Waals surface area contributed by atoms with Gasteiger partial charge in [0.1, 0.15) is 11.5 Å². The summed E-state index contributed by atoms with van der Waals surface area (Å²) in [5.41, 5.74) is 3.42. The van der Waals surface area contributed by atoms with Crippen LogP contribution in [0.5, 0.6) is 0 Å². The fourth-order valence-electron chi connectivity index (χ4n) is 3.27. The van der Waals surface area contributed by atoms with Gasteiger partial charge in [0.15, 0.2) is 0 Å². The average Bonchev–Trinajstić information content (AvgIpc) is 3.04. The molecule has 1 aliphatic carbocycles. The lowest BCUT2D eigenvalue weighted by Crippen LogP contribution is -2.30. The number of hydrogen-bond acceptors (Lipinski definition) is 3. The Labute approximate surface area is 143 Å². The van der Waals surface area contributed by atoms with Crippen LogP contribution in [0.1, 0.15) is 41.8 Å². The molecule has 0 N–H and O–H groups in total. The fourth-order valence-corrected chi connectivity index (χ4v) is 3.27. The van der Waals surface area contributed by atoms with Gasteiger partial charge in [-0.3, -0.25) is 4.79 Å². The molecule has 2 aromatic rings. The first-order valence-corrected chi connectivity index (χ1v) is 8.69. The number of hydrogen-bond donors (Lipinski definition) is 0. The minimum Gasteiger partial charge on any atom is -0.361 e. The topological polar surface area (TPSA) is 46.3 Å². The number of benzene rings is 1. The minimum atomic E-state index is -0.0457. The lowest BCUT2D eigenvalue weighted by atomic mass is 9.96. The molecule has 0 unspecified atom stereocenters. The van der Waals surface area contributed by atoms with Gasteiger partial charge in [0.25, 0.3) is 0 Å². The summed E-state index contributed by atoms with van der Waals surface area (Å²) in [5, 5.41) is 4.22. The van der Waals surface area contributed by atoms with Gasteiger partial charge in [0, 0.05) is 18.5 Å². The van der Waals surface area contributed by atoms with E-state index in [1.54, 1.807) is 0 Å². The molecule has 3 rings (SSSR count). The number of aryl methyl sites for hydroxylation is 2. The van der Waals surface area contributed by atoms with Crippen LogP contribution in [-0.2, 0) is 30.6 Å². The first-order chi connectivity index (χ1) is 11.8. The predicted molar refractivity (Wildman–Crippen MR) is 93.5 cm³/mol. The molecule has 1 aromatic carbocycles. The van der Waals surface area contributed by atoms with Gasteiger partial charge in [-0.2, -0.15) is 0 Å². The van der Waals surface area contributed by atoms with Crippen molar-refractivity contribution in [2.24, 2.45) is 0 Å². The molecular weight excluding hydrogens is 300 g/mol. The summed E-state index contributed by atoms with van der Waals surface area (Å²) < 4.78 is 5.46. The Kier molecular flexibility index (Phi) is 5.47. The summed E-state index contributed by atoms with van der Waals surface area (Å²) in [4.78, 5) is 14.0. The molecule has 0 saturated heterocycles. The van der Waals surface area contributed by atoms with E-state index in [2.05, 4.69) is 23.9 Å². The SMILES string of the molecule is C=CC(=O)N(CCCc1ccccc1)Cc1noc2c1CCCC2. The standard InChI is InChI=1S/C20H24N2O2/c1-2-20(23)22(14-8-11-16-9-4-3-5-10-16)15-18-17-12-6-7-13-19(17)24-21-18/h2-5,9-10H,1,6-8,11-15H2. The van der Waals surface area contributed by atoms with E-state index in [1.807, 2.05) is 23.1 Å². The van der Waals surface area contributed by atoms with Crippen LogP contribution in [0, 0.1) is 0 Å². The van der Waals surface area contributed by atoms with Crippen LogP contribution in [0.4, 0.5) is 0 Å². The van der Waals surface area contributed by atoms with Gasteiger partial charge in [0.2, 0.25) is 5.91 Å². The van der Waals surface area contributed by atoms with E-state index in [9.17, 15) is 4.79 Å². The second-order valence-corrected chi connectivity index (χ2v) is 6.29. The van der Waals surface area contributed by atoms with Gasteiger partial charge in [0.05, 0.1) is 6.54 Å². The van der Waals surface area contributed by atoms with Crippen molar-refractivity contribution in [3.8, 4) is 0 Å². The van der Waals surface area contributed by atoms with Crippen molar-refractivity contribution >= 4 is 5.91 Å². The van der Waals surface area contributed by atoms with E-state index < -0.39 is 0 Å². The maximum absolute atomic E-state index is 12.2. The maximum atomic E-state index is 12.2. The largest absolute Gasteiger partial charge is 0.361 e. The molecule has 0 bridgehead atoms. The Hall–Kier alpha value is -2.36. The highest BCUT2D eigenvalue weighted by atomic mass is 16.5. The zero-order chi connectivity index (χ0) is 16.8. The van der Waals surface area contributed by atoms with Crippen LogP contribution in [0.3, 0.4) is 0 Å². The van der Waals surface area contributed by atoms with Crippen molar-refractivity contribution in [2.75, 3.05) is 6.54 Å². The van der Waals surface area contributed by atoms with Gasteiger partial charge in [-0.25, -0.2) is 0 Å². The van der Waals surface area contributed by atoms with Crippen molar-refractivity contribution in [3.63, 3.8) is 0 Å². The third-order valence-electron chi connectivity index (χ3n) is 4.59. The van der Waals surface area contributed by atoms with Gasteiger partial charge in [-0.1, -0.05) is 42.1 Å². The molecule has 0 radical (unpaired) electrons. The molecule has 126 valence electrons. The van der Waals surface area contributed by atoms with Crippen LogP contribution < -0.4 is 0 Å². The average molecular weight is 324 g/mol. The van der Waals surface area contributed by atoms with E-state index in [-0.39, 0.29) is 5.91 Å². The van der Waals surface area contributed by atoms with E-state index in [4.69, 9.17) is 4.52 Å². The normalized spacial score (nSPS) is 13.3. The fraction of sp³-hybridized carbons (Fsp3) is 0.400. The third-order valence-corrected chi connectivity index (χ3v) is 4.59. The molecule has 1 amide bonds. The summed E-state index contributed by atoms with van der Waals surface area (Å²) in [5.74, 6) is 0.960. The molecule has 4 heteroatoms. The van der Waals surface area contributed by atoms with E-state index in [0.29, 0.717) is 13.1 Å². The van der Waals surface area contributed by atoms with Gasteiger partial charge in [-0.05, 0) is 43.7 Å². The van der Waals surface area contributed by atoms with Gasteiger partial charge >= 0.3 is 0 Å². The minimum absolute atomic E-state index is 0.0457. The summed E-state index contributed by atoms with van der Waals surface area (Å²) in [6.45, 7) is 4.84. The number of carbonyl (C=O) groups excluding carboxylic acids is 1. The van der Waals surface area contributed by atoms with E-state index in [0.717, 1.165) is 43.6 Å². The van der Waals surface area contributed by atoms with Gasteiger partial charge in [-0.15, -0.1) is 0 Å². The zero-order valence-electron chi connectivity index (χ0n) is 14.0. The Morgan fingerprint density at radius 3 is 2.83 bits per heavy atom. The molecule has 1 aliphatic rings. The Morgan fingerprint density at radius 1 is 1.25 bits per heavy atom. The molecule has 1 aromatic heterocycles. The summed E-state index contributed by atoms with van der Waals surface area (Å²) in [6, 6.07) is 10.3. The van der Waals surface area contributed by atoms with Crippen LogP contribution in [0.15, 0.2) is 47.5 Å². The monoisotopic (exact) mass is 324 g/mol. The highest BCUT2D eigenvalue weighted by molar-refractivity contribution is 5.86. The van der Waals surface area contributed by atoms with Gasteiger partial charge < -0.3 is 9.42 Å². The van der Waals surface area contributed by atoms with E-state index in [1.165, 1.54) is 23.6 Å². The molecule has 0 spiro atoms. The second-order valence-electron chi connectivity index (χ2n) is 6.29. The Morgan fingerprint density at radius 2 is 2.04 bits per heavy atom. The number of amides is 1. The van der Waals surface area contributed by atoms with Crippen molar-refractivity contribution in [1.82, 2.24) is 10.1 Å². The number of rotatable bonds is 7. The summed E-state index contributed by atoms with van der Waals surface area (Å²) in [6.07, 6.45) is 7.57. The molecule has 0 aliphatic heterocycles. The molecule has 0 fully saturated rings. The smallest absolute Gasteiger partial charge is 0.246 e. The summed E-state index contributed by atoms with van der Waals surface area (Å²) >= 11 is 0. The second kappa shape index (κ2) is 7.95. The number of nitrogens with zero attached hydrogens (tertiary/aromatic N) is 2. The molecular formula is C20H24N2O2. The highest BCUT2D eigenvalue weighted by Gasteiger charge is 2.22. The van der Waals surface area contributed by atoms with Crippen LogP contribution in [0.2, 0.25) is 0 Å². The van der Waals surface area contributed by atoms with Crippen molar-refractivity contribution in [3.05, 3.63) is 65.6 Å². The predicted octanol–water partition coefficient (Wildman–Crippen LogP) is 3.70. The molecule has 1 heterocycles. The summed E-state index contributed by atoms with van der Waals surface area (Å²) in [7, 11) is 0. The van der Waals surface area contributed by atoms with Crippen molar-refractivity contribution < 1.29 is 9.32 Å². The quantitative estimate of drug-likeness (QED) is 0.730. The van der Waals surface area contributed by atoms with Crippen molar-refractivity contribution in [1.29, 1.82) is 0 Å². The number of carbonyl (C=O) groups is 1. The molecule has 0 saturated carbocycles. The first-order valence-electron chi connectivity index (χ1n) is 8.69.